The van der Waals surface area contributed by atoms with Crippen molar-refractivity contribution in [2.24, 2.45) is 5.92 Å². The van der Waals surface area contributed by atoms with E-state index in [0.29, 0.717) is 0 Å². The molecule has 2 fully saturated rings. The number of hydrogen-bond acceptors (Lipinski definition) is 3. The lowest BCUT2D eigenvalue weighted by atomic mass is 9.85. The van der Waals surface area contributed by atoms with Gasteiger partial charge in [-0.1, -0.05) is 19.8 Å². The number of aromatic nitrogens is 1. The Hall–Kier alpha value is -1.09. The van der Waals surface area contributed by atoms with E-state index in [1.807, 2.05) is 12.4 Å². The van der Waals surface area contributed by atoms with Crippen LogP contribution in [0.3, 0.4) is 0 Å². The normalized spacial score (nSPS) is 26.5. The first-order valence-corrected chi connectivity index (χ1v) is 7.80. The van der Waals surface area contributed by atoms with Crippen LogP contribution in [-0.2, 0) is 6.54 Å². The number of rotatable bonds is 4. The molecule has 1 N–H and O–H groups in total. The zero-order valence-electron chi connectivity index (χ0n) is 11.9. The molecule has 3 heteroatoms. The molecule has 3 nitrogen and oxygen atoms in total. The third-order valence-corrected chi connectivity index (χ3v) is 4.76. The minimum absolute atomic E-state index is 0.788. The molecule has 0 amide bonds. The highest BCUT2D eigenvalue weighted by Gasteiger charge is 2.36. The van der Waals surface area contributed by atoms with Gasteiger partial charge in [0.2, 0.25) is 0 Å². The molecule has 1 aromatic rings. The summed E-state index contributed by atoms with van der Waals surface area (Å²) in [5.74, 6) is 0.939. The van der Waals surface area contributed by atoms with Gasteiger partial charge < -0.3 is 10.2 Å². The highest BCUT2D eigenvalue weighted by Crippen LogP contribution is 2.39. The van der Waals surface area contributed by atoms with Gasteiger partial charge >= 0.3 is 0 Å². The molecule has 0 bridgehead atoms. The predicted octanol–water partition coefficient (Wildman–Crippen LogP) is 2.96. The fraction of sp³-hybridized carbons (Fsp3) is 0.688. The Labute approximate surface area is 116 Å². The van der Waals surface area contributed by atoms with Crippen LogP contribution in [-0.4, -0.2) is 24.1 Å². The minimum Gasteiger partial charge on any atom is -0.368 e. The van der Waals surface area contributed by atoms with Gasteiger partial charge in [0.05, 0.1) is 0 Å². The fourth-order valence-corrected chi connectivity index (χ4v) is 3.80. The second-order valence-corrected chi connectivity index (χ2v) is 5.88. The molecule has 0 aromatic carbocycles. The fourth-order valence-electron chi connectivity index (χ4n) is 3.80. The van der Waals surface area contributed by atoms with E-state index >= 15 is 0 Å². The molecule has 0 radical (unpaired) electrons. The Balaban J connectivity index is 1.81. The van der Waals surface area contributed by atoms with Crippen LogP contribution in [0.5, 0.6) is 0 Å². The number of nitrogens with one attached hydrogen (secondary N) is 1. The average molecular weight is 259 g/mol. The summed E-state index contributed by atoms with van der Waals surface area (Å²) in [6.45, 7) is 5.34. The van der Waals surface area contributed by atoms with Gasteiger partial charge in [-0.3, -0.25) is 4.98 Å². The van der Waals surface area contributed by atoms with Crippen LogP contribution in [0.2, 0.25) is 0 Å². The summed E-state index contributed by atoms with van der Waals surface area (Å²) in [7, 11) is 0. The Bertz CT molecular complexity index is 418. The number of hydrogen-bond donors (Lipinski definition) is 1. The molecule has 1 saturated carbocycles. The number of anilines is 1. The summed E-state index contributed by atoms with van der Waals surface area (Å²) >= 11 is 0. The number of fused-ring (bicyclic) bond motifs is 1. The lowest BCUT2D eigenvalue weighted by Crippen LogP contribution is -2.35. The van der Waals surface area contributed by atoms with E-state index in [1.54, 1.807) is 0 Å². The van der Waals surface area contributed by atoms with Crippen LogP contribution >= 0.6 is 0 Å². The van der Waals surface area contributed by atoms with E-state index in [0.717, 1.165) is 25.0 Å². The monoisotopic (exact) mass is 259 g/mol. The van der Waals surface area contributed by atoms with Gasteiger partial charge in [-0.05, 0) is 37.8 Å². The lowest BCUT2D eigenvalue weighted by Gasteiger charge is -2.34. The molecule has 2 atom stereocenters. The second-order valence-electron chi connectivity index (χ2n) is 5.88. The molecule has 104 valence electrons. The van der Waals surface area contributed by atoms with Crippen molar-refractivity contribution in [2.75, 3.05) is 18.0 Å². The molecular formula is C16H25N3. The average Bonchev–Trinajstić information content (AvgIpc) is 2.89. The molecule has 0 spiro atoms. The van der Waals surface area contributed by atoms with Crippen molar-refractivity contribution < 1.29 is 0 Å². The highest BCUT2D eigenvalue weighted by molar-refractivity contribution is 5.54. The zero-order chi connectivity index (χ0) is 13.1. The maximum atomic E-state index is 4.31. The van der Waals surface area contributed by atoms with Gasteiger partial charge in [-0.25, -0.2) is 0 Å². The first kappa shape index (κ1) is 12.9. The van der Waals surface area contributed by atoms with Crippen LogP contribution in [0.1, 0.15) is 44.6 Å². The Morgan fingerprint density at radius 2 is 2.21 bits per heavy atom. The quantitative estimate of drug-likeness (QED) is 0.901. The summed E-state index contributed by atoms with van der Waals surface area (Å²) in [6, 6.07) is 3.00. The van der Waals surface area contributed by atoms with Gasteiger partial charge in [0, 0.05) is 42.8 Å². The maximum Gasteiger partial charge on any atom is 0.0445 e. The van der Waals surface area contributed by atoms with Crippen molar-refractivity contribution in [1.29, 1.82) is 0 Å². The van der Waals surface area contributed by atoms with E-state index in [1.165, 1.54) is 49.9 Å². The number of pyridine rings is 1. The number of nitrogens with zero attached hydrogens (tertiary/aromatic N) is 2. The molecule has 1 aliphatic heterocycles. The van der Waals surface area contributed by atoms with Crippen molar-refractivity contribution >= 4 is 5.69 Å². The summed E-state index contributed by atoms with van der Waals surface area (Å²) < 4.78 is 0. The molecular weight excluding hydrogens is 234 g/mol. The van der Waals surface area contributed by atoms with Gasteiger partial charge in [-0.15, -0.1) is 0 Å². The first-order valence-electron chi connectivity index (χ1n) is 7.80. The standard InChI is InChI=1S/C16H25N3/c1-2-17-11-14-12-18-9-7-16(14)19-10-8-13-5-3-4-6-15(13)19/h7,9,12-13,15,17H,2-6,8,10-11H2,1H3. The largest absolute Gasteiger partial charge is 0.368 e. The predicted molar refractivity (Wildman–Crippen MR) is 79.3 cm³/mol. The minimum atomic E-state index is 0.788. The van der Waals surface area contributed by atoms with E-state index < -0.39 is 0 Å². The molecule has 1 saturated heterocycles. The third kappa shape index (κ3) is 2.62. The summed E-state index contributed by atoms with van der Waals surface area (Å²) in [6.07, 6.45) is 11.0. The summed E-state index contributed by atoms with van der Waals surface area (Å²) in [5.41, 5.74) is 2.78. The lowest BCUT2D eigenvalue weighted by molar-refractivity contribution is 0.342. The van der Waals surface area contributed by atoms with Crippen molar-refractivity contribution in [1.82, 2.24) is 10.3 Å². The molecule has 1 aromatic heterocycles. The maximum absolute atomic E-state index is 4.31. The van der Waals surface area contributed by atoms with Crippen molar-refractivity contribution in [3.8, 4) is 0 Å². The molecule has 3 rings (SSSR count). The van der Waals surface area contributed by atoms with Crippen LogP contribution in [0.4, 0.5) is 5.69 Å². The SMILES string of the molecule is CCNCc1cnccc1N1CCC2CCCCC21. The Morgan fingerprint density at radius 1 is 1.32 bits per heavy atom. The first-order chi connectivity index (χ1) is 9.40. The van der Waals surface area contributed by atoms with Crippen molar-refractivity contribution in [3.63, 3.8) is 0 Å². The van der Waals surface area contributed by atoms with Crippen LogP contribution in [0.15, 0.2) is 18.5 Å². The summed E-state index contributed by atoms with van der Waals surface area (Å²) in [5, 5.41) is 3.43. The Kier molecular flexibility index (Phi) is 4.02. The molecule has 2 unspecified atom stereocenters. The van der Waals surface area contributed by atoms with Gasteiger partial charge in [0.1, 0.15) is 0 Å². The van der Waals surface area contributed by atoms with Crippen LogP contribution in [0.25, 0.3) is 0 Å². The van der Waals surface area contributed by atoms with E-state index in [2.05, 4.69) is 28.2 Å². The third-order valence-electron chi connectivity index (χ3n) is 4.76. The molecule has 2 aliphatic rings. The van der Waals surface area contributed by atoms with Crippen molar-refractivity contribution in [3.05, 3.63) is 24.0 Å². The van der Waals surface area contributed by atoms with Gasteiger partial charge in [0.15, 0.2) is 0 Å². The molecule has 2 heterocycles. The van der Waals surface area contributed by atoms with Gasteiger partial charge in [0.25, 0.3) is 0 Å². The van der Waals surface area contributed by atoms with Crippen molar-refractivity contribution in [2.45, 2.75) is 51.6 Å². The zero-order valence-corrected chi connectivity index (χ0v) is 11.9. The van der Waals surface area contributed by atoms with Crippen LogP contribution in [0, 0.1) is 5.92 Å². The smallest absolute Gasteiger partial charge is 0.0445 e. The topological polar surface area (TPSA) is 28.2 Å². The second kappa shape index (κ2) is 5.91. The van der Waals surface area contributed by atoms with E-state index in [9.17, 15) is 0 Å². The molecule has 19 heavy (non-hydrogen) atoms. The van der Waals surface area contributed by atoms with E-state index in [-0.39, 0.29) is 0 Å². The Morgan fingerprint density at radius 3 is 3.11 bits per heavy atom. The summed E-state index contributed by atoms with van der Waals surface area (Å²) in [4.78, 5) is 6.97. The van der Waals surface area contributed by atoms with Gasteiger partial charge in [-0.2, -0.15) is 0 Å². The molecule has 1 aliphatic carbocycles. The van der Waals surface area contributed by atoms with Crippen LogP contribution < -0.4 is 10.2 Å². The highest BCUT2D eigenvalue weighted by atomic mass is 15.2. The van der Waals surface area contributed by atoms with E-state index in [4.69, 9.17) is 0 Å².